The molecule has 0 aromatic rings. The van der Waals surface area contributed by atoms with Gasteiger partial charge >= 0.3 is 0 Å². The number of nitrogens with one attached hydrogen (secondary N) is 2. The molecule has 112 valence electrons. The smallest absolute Gasteiger partial charge is 0.239 e. The second-order valence-electron chi connectivity index (χ2n) is 6.75. The molecule has 0 aromatic carbocycles. The molecular formula is C15H31N3O. The molecular weight excluding hydrogens is 238 g/mol. The molecule has 0 bridgehead atoms. The van der Waals surface area contributed by atoms with E-state index in [4.69, 9.17) is 0 Å². The molecule has 1 aliphatic rings. The number of piperidine rings is 1. The first-order valence-corrected chi connectivity index (χ1v) is 7.54. The zero-order valence-electron chi connectivity index (χ0n) is 13.3. The van der Waals surface area contributed by atoms with Crippen molar-refractivity contribution in [3.05, 3.63) is 0 Å². The van der Waals surface area contributed by atoms with Crippen molar-refractivity contribution in [3.63, 3.8) is 0 Å². The molecule has 0 aliphatic carbocycles. The van der Waals surface area contributed by atoms with E-state index in [1.54, 1.807) is 0 Å². The molecule has 1 atom stereocenters. The van der Waals surface area contributed by atoms with Crippen molar-refractivity contribution in [3.8, 4) is 0 Å². The van der Waals surface area contributed by atoms with Gasteiger partial charge in [0.25, 0.3) is 0 Å². The summed E-state index contributed by atoms with van der Waals surface area (Å²) in [4.78, 5) is 14.5. The standard InChI is InChI=1S/C15H31N3O/c1-12(2)10-18-8-6-7-13(11-18)9-17-14(19)15(3,4)16-5/h12-13,16H,6-11H2,1-5H3,(H,17,19)/t13-/m1/s1. The molecule has 19 heavy (non-hydrogen) atoms. The van der Waals surface area contributed by atoms with Gasteiger partial charge in [0, 0.05) is 19.6 Å². The second-order valence-corrected chi connectivity index (χ2v) is 6.75. The van der Waals surface area contributed by atoms with Crippen LogP contribution in [-0.2, 0) is 4.79 Å². The number of amides is 1. The Kier molecular flexibility index (Phi) is 6.27. The van der Waals surface area contributed by atoms with Crippen LogP contribution < -0.4 is 10.6 Å². The Bertz CT molecular complexity index is 289. The van der Waals surface area contributed by atoms with E-state index < -0.39 is 5.54 Å². The summed E-state index contributed by atoms with van der Waals surface area (Å²) in [6.07, 6.45) is 2.48. The number of nitrogens with zero attached hydrogens (tertiary/aromatic N) is 1. The lowest BCUT2D eigenvalue weighted by molar-refractivity contribution is -0.126. The molecule has 0 saturated carbocycles. The quantitative estimate of drug-likeness (QED) is 0.767. The molecule has 1 heterocycles. The number of carbonyl (C=O) groups excluding carboxylic acids is 1. The van der Waals surface area contributed by atoms with Crippen molar-refractivity contribution >= 4 is 5.91 Å². The van der Waals surface area contributed by atoms with Gasteiger partial charge in [0.2, 0.25) is 5.91 Å². The van der Waals surface area contributed by atoms with Gasteiger partial charge in [0.1, 0.15) is 0 Å². The molecule has 4 heteroatoms. The third-order valence-corrected chi connectivity index (χ3v) is 3.97. The maximum absolute atomic E-state index is 12.0. The van der Waals surface area contributed by atoms with Crippen molar-refractivity contribution in [2.75, 3.05) is 33.2 Å². The van der Waals surface area contributed by atoms with Gasteiger partial charge < -0.3 is 15.5 Å². The van der Waals surface area contributed by atoms with Gasteiger partial charge in [-0.2, -0.15) is 0 Å². The molecule has 2 N–H and O–H groups in total. The van der Waals surface area contributed by atoms with Crippen molar-refractivity contribution < 1.29 is 4.79 Å². The number of hydrogen-bond acceptors (Lipinski definition) is 3. The molecule has 0 radical (unpaired) electrons. The molecule has 1 saturated heterocycles. The summed E-state index contributed by atoms with van der Waals surface area (Å²) in [5.74, 6) is 1.41. The molecule has 1 amide bonds. The number of rotatable bonds is 6. The Morgan fingerprint density at radius 3 is 2.68 bits per heavy atom. The Labute approximate surface area is 118 Å². The lowest BCUT2D eigenvalue weighted by atomic mass is 9.96. The minimum absolute atomic E-state index is 0.0935. The highest BCUT2D eigenvalue weighted by molar-refractivity contribution is 5.85. The summed E-state index contributed by atoms with van der Waals surface area (Å²) in [5.41, 5.74) is -0.480. The topological polar surface area (TPSA) is 44.4 Å². The predicted octanol–water partition coefficient (Wildman–Crippen LogP) is 1.47. The van der Waals surface area contributed by atoms with E-state index in [0.29, 0.717) is 5.92 Å². The molecule has 1 fully saturated rings. The average Bonchev–Trinajstić information content (AvgIpc) is 2.35. The fourth-order valence-corrected chi connectivity index (χ4v) is 2.57. The zero-order valence-corrected chi connectivity index (χ0v) is 13.3. The van der Waals surface area contributed by atoms with Crippen molar-refractivity contribution in [2.24, 2.45) is 11.8 Å². The maximum atomic E-state index is 12.0. The first-order chi connectivity index (χ1) is 8.85. The normalized spacial score (nSPS) is 21.7. The first kappa shape index (κ1) is 16.4. The van der Waals surface area contributed by atoms with Crippen LogP contribution in [-0.4, -0.2) is 49.6 Å². The highest BCUT2D eigenvalue weighted by Gasteiger charge is 2.26. The first-order valence-electron chi connectivity index (χ1n) is 7.54. The van der Waals surface area contributed by atoms with Gasteiger partial charge in [-0.3, -0.25) is 4.79 Å². The fourth-order valence-electron chi connectivity index (χ4n) is 2.57. The van der Waals surface area contributed by atoms with Crippen molar-refractivity contribution in [1.82, 2.24) is 15.5 Å². The zero-order chi connectivity index (χ0) is 14.5. The summed E-state index contributed by atoms with van der Waals surface area (Å²) >= 11 is 0. The van der Waals surface area contributed by atoms with E-state index in [2.05, 4.69) is 29.4 Å². The molecule has 4 nitrogen and oxygen atoms in total. The fraction of sp³-hybridized carbons (Fsp3) is 0.933. The average molecular weight is 269 g/mol. The molecule has 1 aliphatic heterocycles. The minimum atomic E-state index is -0.480. The Hall–Kier alpha value is -0.610. The van der Waals surface area contributed by atoms with Crippen LogP contribution >= 0.6 is 0 Å². The van der Waals surface area contributed by atoms with Crippen molar-refractivity contribution in [2.45, 2.75) is 46.1 Å². The van der Waals surface area contributed by atoms with E-state index in [9.17, 15) is 4.79 Å². The van der Waals surface area contributed by atoms with Crippen LogP contribution in [0.1, 0.15) is 40.5 Å². The van der Waals surface area contributed by atoms with E-state index in [-0.39, 0.29) is 5.91 Å². The maximum Gasteiger partial charge on any atom is 0.239 e. The van der Waals surface area contributed by atoms with E-state index in [1.165, 1.54) is 25.9 Å². The van der Waals surface area contributed by atoms with Gasteiger partial charge in [-0.1, -0.05) is 13.8 Å². The second kappa shape index (κ2) is 7.25. The Morgan fingerprint density at radius 1 is 1.42 bits per heavy atom. The monoisotopic (exact) mass is 269 g/mol. The lowest BCUT2D eigenvalue weighted by Gasteiger charge is -2.34. The summed E-state index contributed by atoms with van der Waals surface area (Å²) in [6.45, 7) is 12.7. The molecule has 0 aromatic heterocycles. The number of hydrogen-bond donors (Lipinski definition) is 2. The van der Waals surface area contributed by atoms with Crippen LogP contribution in [0.2, 0.25) is 0 Å². The molecule has 0 spiro atoms. The van der Waals surface area contributed by atoms with E-state index in [0.717, 1.165) is 19.0 Å². The highest BCUT2D eigenvalue weighted by atomic mass is 16.2. The van der Waals surface area contributed by atoms with Gasteiger partial charge in [0.05, 0.1) is 5.54 Å². The van der Waals surface area contributed by atoms with Gasteiger partial charge in [-0.15, -0.1) is 0 Å². The minimum Gasteiger partial charge on any atom is -0.354 e. The third-order valence-electron chi connectivity index (χ3n) is 3.97. The Morgan fingerprint density at radius 2 is 2.11 bits per heavy atom. The van der Waals surface area contributed by atoms with Crippen LogP contribution in [0, 0.1) is 11.8 Å². The van der Waals surface area contributed by atoms with Gasteiger partial charge in [-0.05, 0) is 52.1 Å². The van der Waals surface area contributed by atoms with Crippen LogP contribution in [0.5, 0.6) is 0 Å². The SMILES string of the molecule is CNC(C)(C)C(=O)NC[C@H]1CCCN(CC(C)C)C1. The van der Waals surface area contributed by atoms with Crippen LogP contribution in [0.3, 0.4) is 0 Å². The van der Waals surface area contributed by atoms with Crippen molar-refractivity contribution in [1.29, 1.82) is 0 Å². The Balaban J connectivity index is 2.35. The third kappa shape index (κ3) is 5.49. The van der Waals surface area contributed by atoms with E-state index >= 15 is 0 Å². The largest absolute Gasteiger partial charge is 0.354 e. The number of carbonyl (C=O) groups is 1. The van der Waals surface area contributed by atoms with Gasteiger partial charge in [-0.25, -0.2) is 0 Å². The van der Waals surface area contributed by atoms with Gasteiger partial charge in [0.15, 0.2) is 0 Å². The van der Waals surface area contributed by atoms with Crippen LogP contribution in [0.4, 0.5) is 0 Å². The summed E-state index contributed by atoms with van der Waals surface area (Å²) in [6, 6.07) is 0. The summed E-state index contributed by atoms with van der Waals surface area (Å²) in [5, 5.41) is 6.13. The summed E-state index contributed by atoms with van der Waals surface area (Å²) in [7, 11) is 1.82. The lowest BCUT2D eigenvalue weighted by Crippen LogP contribution is -2.52. The van der Waals surface area contributed by atoms with Crippen LogP contribution in [0.25, 0.3) is 0 Å². The predicted molar refractivity (Wildman–Crippen MR) is 80.2 cm³/mol. The molecule has 0 unspecified atom stereocenters. The number of likely N-dealkylation sites (tertiary alicyclic amines) is 1. The number of likely N-dealkylation sites (N-methyl/N-ethyl adjacent to an activating group) is 1. The van der Waals surface area contributed by atoms with Crippen LogP contribution in [0.15, 0.2) is 0 Å². The highest BCUT2D eigenvalue weighted by Crippen LogP contribution is 2.17. The van der Waals surface area contributed by atoms with E-state index in [1.807, 2.05) is 20.9 Å². The summed E-state index contributed by atoms with van der Waals surface area (Å²) < 4.78 is 0. The molecule has 1 rings (SSSR count).